The number of hydrogen-bond acceptors (Lipinski definition) is 4. The summed E-state index contributed by atoms with van der Waals surface area (Å²) >= 11 is 0. The van der Waals surface area contributed by atoms with Crippen LogP contribution in [0, 0.1) is 0 Å². The fourth-order valence-electron chi connectivity index (χ4n) is 3.50. The zero-order valence-electron chi connectivity index (χ0n) is 15.8. The molecule has 150 valence electrons. The van der Waals surface area contributed by atoms with Crippen LogP contribution < -0.4 is 10.6 Å². The summed E-state index contributed by atoms with van der Waals surface area (Å²) in [6.07, 6.45) is 3.92. The number of carbonyl (C=O) groups is 3. The lowest BCUT2D eigenvalue weighted by Crippen LogP contribution is -2.33. The molecule has 0 spiro atoms. The van der Waals surface area contributed by atoms with Crippen molar-refractivity contribution in [3.63, 3.8) is 0 Å². The quantitative estimate of drug-likeness (QED) is 0.573. The summed E-state index contributed by atoms with van der Waals surface area (Å²) in [5.74, 6) is 0.0513. The number of imide groups is 1. The number of hydrogen-bond donors (Lipinski definition) is 2. The lowest BCUT2D eigenvalue weighted by molar-refractivity contribution is -0.128. The molecule has 2 N–H and O–H groups in total. The molecule has 3 aromatic rings. The maximum atomic E-state index is 12.4. The molecule has 0 unspecified atom stereocenters. The number of para-hydroxylation sites is 1. The number of amides is 4. The molecule has 4 amide bonds. The van der Waals surface area contributed by atoms with E-state index in [1.54, 1.807) is 12.1 Å². The number of carbonyl (C=O) groups excluding carboxylic acids is 3. The van der Waals surface area contributed by atoms with Crippen LogP contribution in [0.15, 0.2) is 59.3 Å². The molecule has 1 aromatic carbocycles. The molecule has 1 aliphatic heterocycles. The highest BCUT2D eigenvalue weighted by atomic mass is 16.3. The number of rotatable bonds is 8. The molecule has 0 bridgehead atoms. The minimum absolute atomic E-state index is 0.0885. The molecule has 2 aromatic heterocycles. The van der Waals surface area contributed by atoms with E-state index in [9.17, 15) is 14.4 Å². The maximum absolute atomic E-state index is 12.4. The van der Waals surface area contributed by atoms with E-state index in [0.717, 1.165) is 15.8 Å². The van der Waals surface area contributed by atoms with Crippen molar-refractivity contribution in [2.24, 2.45) is 0 Å². The molecule has 29 heavy (non-hydrogen) atoms. The van der Waals surface area contributed by atoms with Gasteiger partial charge in [-0.05, 0) is 36.1 Å². The van der Waals surface area contributed by atoms with E-state index in [2.05, 4.69) is 15.2 Å². The predicted molar refractivity (Wildman–Crippen MR) is 106 cm³/mol. The number of benzene rings is 1. The van der Waals surface area contributed by atoms with Gasteiger partial charge in [0.05, 0.1) is 12.8 Å². The third-order valence-corrected chi connectivity index (χ3v) is 5.02. The van der Waals surface area contributed by atoms with Crippen LogP contribution in [-0.4, -0.2) is 39.9 Å². The minimum Gasteiger partial charge on any atom is -0.467 e. The topological polar surface area (TPSA) is 96.6 Å². The first kappa shape index (κ1) is 18.8. The van der Waals surface area contributed by atoms with Crippen molar-refractivity contribution in [2.45, 2.75) is 32.0 Å². The van der Waals surface area contributed by atoms with E-state index in [-0.39, 0.29) is 31.2 Å². The summed E-state index contributed by atoms with van der Waals surface area (Å²) in [7, 11) is 0. The summed E-state index contributed by atoms with van der Waals surface area (Å²) in [5.41, 5.74) is 1.12. The standard InChI is InChI=1S/C21H22N4O4/c26-19(22-10-12-24-11-9-15-4-1-2-6-18(15)24)8-7-17-20(27)25(21(28)23-17)14-16-5-3-13-29-16/h1-6,9,11,13,17H,7-8,10,12,14H2,(H,22,26)(H,23,28)/t17-/m1/s1. The number of furan rings is 1. The zero-order chi connectivity index (χ0) is 20.2. The van der Waals surface area contributed by atoms with E-state index >= 15 is 0 Å². The number of urea groups is 1. The Morgan fingerprint density at radius 1 is 1.14 bits per heavy atom. The molecule has 1 atom stereocenters. The van der Waals surface area contributed by atoms with Crippen molar-refractivity contribution in [3.8, 4) is 0 Å². The molecule has 3 heterocycles. The Bertz CT molecular complexity index is 1020. The van der Waals surface area contributed by atoms with E-state index < -0.39 is 12.1 Å². The first-order valence-electron chi connectivity index (χ1n) is 9.56. The normalized spacial score (nSPS) is 16.4. The Hall–Kier alpha value is -3.55. The van der Waals surface area contributed by atoms with Crippen molar-refractivity contribution < 1.29 is 18.8 Å². The highest BCUT2D eigenvalue weighted by Crippen LogP contribution is 2.16. The third kappa shape index (κ3) is 4.16. The first-order chi connectivity index (χ1) is 14.1. The van der Waals surface area contributed by atoms with Crippen molar-refractivity contribution >= 4 is 28.7 Å². The van der Waals surface area contributed by atoms with E-state index in [0.29, 0.717) is 18.8 Å². The Morgan fingerprint density at radius 2 is 2.00 bits per heavy atom. The Kier molecular flexibility index (Phi) is 5.33. The molecule has 1 aliphatic rings. The van der Waals surface area contributed by atoms with Crippen molar-refractivity contribution in [1.29, 1.82) is 0 Å². The molecule has 0 radical (unpaired) electrons. The third-order valence-electron chi connectivity index (χ3n) is 5.02. The van der Waals surface area contributed by atoms with Crippen LogP contribution in [-0.2, 0) is 22.7 Å². The van der Waals surface area contributed by atoms with Gasteiger partial charge in [-0.15, -0.1) is 0 Å². The van der Waals surface area contributed by atoms with E-state index in [1.165, 1.54) is 6.26 Å². The molecular weight excluding hydrogens is 372 g/mol. The van der Waals surface area contributed by atoms with Gasteiger partial charge in [-0.1, -0.05) is 18.2 Å². The molecule has 8 nitrogen and oxygen atoms in total. The number of aromatic nitrogens is 1. The number of nitrogens with zero attached hydrogens (tertiary/aromatic N) is 2. The van der Waals surface area contributed by atoms with E-state index in [4.69, 9.17) is 4.42 Å². The van der Waals surface area contributed by atoms with Crippen LogP contribution in [0.25, 0.3) is 10.9 Å². The largest absolute Gasteiger partial charge is 0.467 e. The van der Waals surface area contributed by atoms with Crippen LogP contribution in [0.2, 0.25) is 0 Å². The molecule has 1 saturated heterocycles. The van der Waals surface area contributed by atoms with Crippen LogP contribution in [0.5, 0.6) is 0 Å². The van der Waals surface area contributed by atoms with Crippen molar-refractivity contribution in [3.05, 3.63) is 60.7 Å². The van der Waals surface area contributed by atoms with Crippen molar-refractivity contribution in [1.82, 2.24) is 20.1 Å². The highest BCUT2D eigenvalue weighted by Gasteiger charge is 2.38. The Balaban J connectivity index is 1.22. The summed E-state index contributed by atoms with van der Waals surface area (Å²) in [5, 5.41) is 6.66. The van der Waals surface area contributed by atoms with Gasteiger partial charge >= 0.3 is 6.03 Å². The fraction of sp³-hybridized carbons (Fsp3) is 0.286. The minimum atomic E-state index is -0.684. The summed E-state index contributed by atoms with van der Waals surface area (Å²) in [6.45, 7) is 1.24. The Labute approximate surface area is 167 Å². The van der Waals surface area contributed by atoms with Crippen LogP contribution >= 0.6 is 0 Å². The molecule has 0 saturated carbocycles. The lowest BCUT2D eigenvalue weighted by atomic mass is 10.1. The van der Waals surface area contributed by atoms with Gasteiger partial charge < -0.3 is 19.6 Å². The van der Waals surface area contributed by atoms with Gasteiger partial charge in [0.2, 0.25) is 5.91 Å². The highest BCUT2D eigenvalue weighted by molar-refractivity contribution is 6.04. The van der Waals surface area contributed by atoms with Crippen LogP contribution in [0.4, 0.5) is 4.79 Å². The van der Waals surface area contributed by atoms with Crippen LogP contribution in [0.1, 0.15) is 18.6 Å². The molecular formula is C21H22N4O4. The second-order valence-corrected chi connectivity index (χ2v) is 6.96. The van der Waals surface area contributed by atoms with Gasteiger partial charge in [-0.2, -0.15) is 0 Å². The lowest BCUT2D eigenvalue weighted by Gasteiger charge is -2.11. The Morgan fingerprint density at radius 3 is 2.83 bits per heavy atom. The molecule has 8 heteroatoms. The second kappa shape index (κ2) is 8.22. The molecule has 1 fully saturated rings. The van der Waals surface area contributed by atoms with Gasteiger partial charge in [-0.3, -0.25) is 14.5 Å². The SMILES string of the molecule is O=C(CC[C@H]1NC(=O)N(Cc2ccco2)C1=O)NCCn1ccc2ccccc21. The van der Waals surface area contributed by atoms with Gasteiger partial charge in [0.1, 0.15) is 11.8 Å². The molecule has 0 aliphatic carbocycles. The average molecular weight is 394 g/mol. The maximum Gasteiger partial charge on any atom is 0.325 e. The fourth-order valence-corrected chi connectivity index (χ4v) is 3.50. The van der Waals surface area contributed by atoms with E-state index in [1.807, 2.05) is 36.5 Å². The predicted octanol–water partition coefficient (Wildman–Crippen LogP) is 2.25. The van der Waals surface area contributed by atoms with Crippen molar-refractivity contribution in [2.75, 3.05) is 6.54 Å². The number of nitrogens with one attached hydrogen (secondary N) is 2. The van der Waals surface area contributed by atoms with Gasteiger partial charge in [0.15, 0.2) is 0 Å². The van der Waals surface area contributed by atoms with Gasteiger partial charge in [-0.25, -0.2) is 4.79 Å². The summed E-state index contributed by atoms with van der Waals surface area (Å²) in [6, 6.07) is 12.4. The second-order valence-electron chi connectivity index (χ2n) is 6.96. The summed E-state index contributed by atoms with van der Waals surface area (Å²) in [4.78, 5) is 37.7. The average Bonchev–Trinajstić information content (AvgIpc) is 3.44. The first-order valence-corrected chi connectivity index (χ1v) is 9.56. The van der Waals surface area contributed by atoms with Crippen LogP contribution in [0.3, 0.4) is 0 Å². The monoisotopic (exact) mass is 394 g/mol. The number of fused-ring (bicyclic) bond motifs is 1. The van der Waals surface area contributed by atoms with Gasteiger partial charge in [0, 0.05) is 31.2 Å². The molecule has 4 rings (SSSR count). The van der Waals surface area contributed by atoms with Gasteiger partial charge in [0.25, 0.3) is 5.91 Å². The summed E-state index contributed by atoms with van der Waals surface area (Å²) < 4.78 is 7.27. The smallest absolute Gasteiger partial charge is 0.325 e. The zero-order valence-corrected chi connectivity index (χ0v) is 15.8.